The van der Waals surface area contributed by atoms with E-state index in [4.69, 9.17) is 0 Å². The Morgan fingerprint density at radius 1 is 1.45 bits per heavy atom. The number of Topliss-reactive ketones (excluding diaryl/α,β-unsaturated/α-hetero) is 1. The molecule has 0 aliphatic rings. The van der Waals surface area contributed by atoms with Crippen LogP contribution in [-0.2, 0) is 0 Å². The fourth-order valence-electron chi connectivity index (χ4n) is 0.615. The Morgan fingerprint density at radius 2 is 2.00 bits per heavy atom. The maximum Gasteiger partial charge on any atom is 0.173 e. The Bertz CT molecular complexity index is 225. The van der Waals surface area contributed by atoms with Gasteiger partial charge in [-0.25, -0.2) is 0 Å². The number of carbonyl (C=O) groups is 1. The highest BCUT2D eigenvalue weighted by Gasteiger charge is 2.00. The van der Waals surface area contributed by atoms with Gasteiger partial charge in [-0.05, 0) is 12.1 Å². The van der Waals surface area contributed by atoms with Crippen molar-refractivity contribution in [1.82, 2.24) is 4.98 Å². The summed E-state index contributed by atoms with van der Waals surface area (Å²) >= 11 is 3.08. The summed E-state index contributed by atoms with van der Waals surface area (Å²) in [6.45, 7) is 0. The molecule has 0 bridgehead atoms. The zero-order valence-electron chi connectivity index (χ0n) is 5.63. The average molecular weight is 280 g/mol. The van der Waals surface area contributed by atoms with Crippen molar-refractivity contribution in [2.24, 2.45) is 0 Å². The first kappa shape index (κ1) is 10.8. The van der Waals surface area contributed by atoms with Crippen LogP contribution in [-0.4, -0.2) is 16.1 Å². The van der Waals surface area contributed by atoms with Crippen LogP contribution in [0.3, 0.4) is 0 Å². The van der Waals surface area contributed by atoms with E-state index in [0.717, 1.165) is 0 Å². The van der Waals surface area contributed by atoms with Crippen molar-refractivity contribution in [3.8, 4) is 0 Å². The molecule has 1 heterocycles. The number of hydrogen-bond donors (Lipinski definition) is 0. The van der Waals surface area contributed by atoms with Crippen LogP contribution in [0, 0.1) is 0 Å². The highest BCUT2D eigenvalue weighted by atomic mass is 79.9. The van der Waals surface area contributed by atoms with Gasteiger partial charge in [0.2, 0.25) is 0 Å². The van der Waals surface area contributed by atoms with Gasteiger partial charge in [-0.15, -0.1) is 0 Å². The van der Waals surface area contributed by atoms with Crippen molar-refractivity contribution in [2.45, 2.75) is 0 Å². The summed E-state index contributed by atoms with van der Waals surface area (Å²) in [4.78, 5) is 14.7. The lowest BCUT2D eigenvalue weighted by atomic mass is 10.2. The minimum absolute atomic E-state index is 0. The summed E-state index contributed by atoms with van der Waals surface area (Å²) in [5.41, 5.74) is 0.701. The number of aromatic nitrogens is 1. The van der Waals surface area contributed by atoms with Crippen molar-refractivity contribution < 1.29 is 21.8 Å². The van der Waals surface area contributed by atoms with E-state index in [1.165, 1.54) is 0 Å². The second-order valence-corrected chi connectivity index (χ2v) is 2.35. The van der Waals surface area contributed by atoms with E-state index in [-0.39, 0.29) is 22.8 Å². The first-order chi connectivity index (χ1) is 4.84. The van der Waals surface area contributed by atoms with Gasteiger partial charge in [-0.1, -0.05) is 15.9 Å². The lowest BCUT2D eigenvalue weighted by molar-refractivity contribution is -0.00000976. The van der Waals surface area contributed by atoms with E-state index < -0.39 is 0 Å². The average Bonchev–Trinajstić information content (AvgIpc) is 2.05. The minimum Gasteiger partial charge on any atom is -1.00 e. The number of ketones is 1. The topological polar surface area (TPSA) is 30.0 Å². The molecule has 0 aliphatic heterocycles. The molecule has 0 fully saturated rings. The third-order valence-corrected chi connectivity index (χ3v) is 1.63. The molecule has 0 aromatic carbocycles. The number of nitrogens with zero attached hydrogens (tertiary/aromatic N) is 1. The fourth-order valence-corrected chi connectivity index (χ4v) is 0.939. The van der Waals surface area contributed by atoms with Crippen molar-refractivity contribution in [3.05, 3.63) is 30.1 Å². The van der Waals surface area contributed by atoms with Crippen LogP contribution < -0.4 is 17.0 Å². The monoisotopic (exact) mass is 278 g/mol. The van der Waals surface area contributed by atoms with Gasteiger partial charge in [0.15, 0.2) is 5.78 Å². The number of alkyl halides is 1. The Hall–Kier alpha value is -0.220. The third kappa shape index (κ3) is 3.12. The molecule has 60 valence electrons. The summed E-state index contributed by atoms with van der Waals surface area (Å²) in [5.74, 6) is 0.0856. The Balaban J connectivity index is 0.000001000. The van der Waals surface area contributed by atoms with E-state index in [1.54, 1.807) is 24.5 Å². The molecule has 0 amide bonds. The second-order valence-electron chi connectivity index (χ2n) is 1.79. The maximum absolute atomic E-state index is 10.9. The predicted molar refractivity (Wildman–Crippen MR) is 42.4 cm³/mol. The van der Waals surface area contributed by atoms with Gasteiger partial charge in [-0.2, -0.15) is 0 Å². The molecule has 0 saturated heterocycles. The Kier molecular flexibility index (Phi) is 5.32. The smallest absolute Gasteiger partial charge is 0.173 e. The van der Waals surface area contributed by atoms with Crippen LogP contribution >= 0.6 is 15.9 Å². The molecule has 11 heavy (non-hydrogen) atoms. The Labute approximate surface area is 83.9 Å². The first-order valence-electron chi connectivity index (χ1n) is 2.84. The fraction of sp³-hybridized carbons (Fsp3) is 0.143. The molecule has 1 aromatic rings. The van der Waals surface area contributed by atoms with E-state index in [9.17, 15) is 4.79 Å². The van der Waals surface area contributed by atoms with Crippen LogP contribution in [0.4, 0.5) is 0 Å². The summed E-state index contributed by atoms with van der Waals surface area (Å²) in [7, 11) is 0. The predicted octanol–water partition coefficient (Wildman–Crippen LogP) is -1.34. The molecule has 0 aliphatic carbocycles. The van der Waals surface area contributed by atoms with Crippen molar-refractivity contribution in [3.63, 3.8) is 0 Å². The van der Waals surface area contributed by atoms with E-state index in [2.05, 4.69) is 20.9 Å². The standard InChI is InChI=1S/C7H6BrNO.BrH/c8-5-7(10)6-1-3-9-4-2-6;/h1-4H,5H2;1H/p-1. The molecule has 0 atom stereocenters. The Morgan fingerprint density at radius 3 is 2.45 bits per heavy atom. The highest BCUT2D eigenvalue weighted by Crippen LogP contribution is 1.99. The van der Waals surface area contributed by atoms with Gasteiger partial charge < -0.3 is 17.0 Å². The van der Waals surface area contributed by atoms with Crippen molar-refractivity contribution in [2.75, 3.05) is 5.33 Å². The van der Waals surface area contributed by atoms with Gasteiger partial charge in [0.1, 0.15) is 0 Å². The normalized spacial score (nSPS) is 8.45. The van der Waals surface area contributed by atoms with Gasteiger partial charge in [-0.3, -0.25) is 9.78 Å². The van der Waals surface area contributed by atoms with E-state index in [0.29, 0.717) is 10.9 Å². The quantitative estimate of drug-likeness (QED) is 0.496. The summed E-state index contributed by atoms with van der Waals surface area (Å²) in [6.07, 6.45) is 3.21. The van der Waals surface area contributed by atoms with Crippen molar-refractivity contribution in [1.29, 1.82) is 0 Å². The molecule has 1 aromatic heterocycles. The summed E-state index contributed by atoms with van der Waals surface area (Å²) < 4.78 is 0. The number of rotatable bonds is 2. The molecule has 2 nitrogen and oxygen atoms in total. The number of hydrogen-bond acceptors (Lipinski definition) is 2. The lowest BCUT2D eigenvalue weighted by Crippen LogP contribution is -3.00. The van der Waals surface area contributed by atoms with Crippen LogP contribution in [0.15, 0.2) is 24.5 Å². The number of pyridine rings is 1. The summed E-state index contributed by atoms with van der Waals surface area (Å²) in [5, 5.41) is 0.372. The molecule has 0 unspecified atom stereocenters. The van der Waals surface area contributed by atoms with Gasteiger partial charge in [0.25, 0.3) is 0 Å². The SMILES string of the molecule is O=C(CBr)c1ccncc1.[Br-]. The van der Waals surface area contributed by atoms with Gasteiger partial charge in [0, 0.05) is 18.0 Å². The van der Waals surface area contributed by atoms with Crippen LogP contribution in [0.25, 0.3) is 0 Å². The molecule has 0 N–H and O–H groups in total. The van der Waals surface area contributed by atoms with Crippen LogP contribution in [0.5, 0.6) is 0 Å². The zero-order valence-corrected chi connectivity index (χ0v) is 8.80. The molecule has 0 saturated carbocycles. The minimum atomic E-state index is 0. The largest absolute Gasteiger partial charge is 1.00 e. The molecule has 4 heteroatoms. The molecule has 0 radical (unpaired) electrons. The summed E-state index contributed by atoms with van der Waals surface area (Å²) in [6, 6.07) is 3.40. The third-order valence-electron chi connectivity index (χ3n) is 1.12. The van der Waals surface area contributed by atoms with E-state index in [1.807, 2.05) is 0 Å². The number of halogens is 2. The lowest BCUT2D eigenvalue weighted by Gasteiger charge is -1.92. The molecule has 1 rings (SSSR count). The maximum atomic E-state index is 10.9. The molecular weight excluding hydrogens is 274 g/mol. The molecule has 0 spiro atoms. The number of carbonyl (C=O) groups excluding carboxylic acids is 1. The van der Waals surface area contributed by atoms with Crippen molar-refractivity contribution >= 4 is 21.7 Å². The second kappa shape index (κ2) is 5.43. The highest BCUT2D eigenvalue weighted by molar-refractivity contribution is 9.09. The van der Waals surface area contributed by atoms with Gasteiger partial charge in [0.05, 0.1) is 5.33 Å². The zero-order chi connectivity index (χ0) is 7.40. The molecular formula is C7H6Br2NO-. The van der Waals surface area contributed by atoms with E-state index >= 15 is 0 Å². The van der Waals surface area contributed by atoms with Crippen LogP contribution in [0.2, 0.25) is 0 Å². The first-order valence-corrected chi connectivity index (χ1v) is 3.96. The van der Waals surface area contributed by atoms with Crippen LogP contribution in [0.1, 0.15) is 10.4 Å². The van der Waals surface area contributed by atoms with Gasteiger partial charge >= 0.3 is 0 Å².